The highest BCUT2D eigenvalue weighted by molar-refractivity contribution is 6.30. The van der Waals surface area contributed by atoms with Crippen LogP contribution < -0.4 is 4.74 Å². The largest absolute Gasteiger partial charge is 0.457 e. The van der Waals surface area contributed by atoms with Crippen LogP contribution in [0.2, 0.25) is 0 Å². The molecule has 86 valence electrons. The fourth-order valence-corrected chi connectivity index (χ4v) is 1.07. The number of hydrogen-bond acceptors (Lipinski definition) is 4. The lowest BCUT2D eigenvalue weighted by molar-refractivity contribution is -0.162. The molecule has 4 heteroatoms. The molecule has 0 aliphatic heterocycles. The van der Waals surface area contributed by atoms with Crippen LogP contribution in [0.15, 0.2) is 24.3 Å². The zero-order valence-electron chi connectivity index (χ0n) is 9.36. The van der Waals surface area contributed by atoms with E-state index in [1.807, 2.05) is 13.0 Å². The first-order chi connectivity index (χ1) is 7.65. The minimum Gasteiger partial charge on any atom is -0.457 e. The Hall–Kier alpha value is -1.84. The Bertz CT molecular complexity index is 384. The summed E-state index contributed by atoms with van der Waals surface area (Å²) in [6.07, 6.45) is 0.670. The highest BCUT2D eigenvalue weighted by atomic mass is 16.6. The van der Waals surface area contributed by atoms with E-state index in [1.54, 1.807) is 25.1 Å². The average Bonchev–Trinajstić information content (AvgIpc) is 2.28. The van der Waals surface area contributed by atoms with Crippen LogP contribution in [0.5, 0.6) is 5.75 Å². The van der Waals surface area contributed by atoms with E-state index in [0.29, 0.717) is 12.2 Å². The molecule has 0 unspecified atom stereocenters. The van der Waals surface area contributed by atoms with E-state index in [9.17, 15) is 9.59 Å². The summed E-state index contributed by atoms with van der Waals surface area (Å²) in [5.74, 6) is -1.56. The van der Waals surface area contributed by atoms with Crippen LogP contribution in [-0.4, -0.2) is 18.5 Å². The predicted molar refractivity (Wildman–Crippen MR) is 58.1 cm³/mol. The molecule has 0 amide bonds. The van der Waals surface area contributed by atoms with Crippen molar-refractivity contribution in [2.45, 2.75) is 20.3 Å². The molecule has 0 N–H and O–H groups in total. The quantitative estimate of drug-likeness (QED) is 0.445. The summed E-state index contributed by atoms with van der Waals surface area (Å²) < 4.78 is 9.54. The minimum absolute atomic E-state index is 0.224. The van der Waals surface area contributed by atoms with Crippen LogP contribution in [0.25, 0.3) is 0 Å². The molecule has 0 aromatic heterocycles. The van der Waals surface area contributed by atoms with Gasteiger partial charge in [-0.1, -0.05) is 25.1 Å². The summed E-state index contributed by atoms with van der Waals surface area (Å²) in [5, 5.41) is 0. The van der Waals surface area contributed by atoms with Gasteiger partial charge in [-0.2, -0.15) is 0 Å². The van der Waals surface area contributed by atoms with E-state index in [2.05, 4.69) is 4.74 Å². The van der Waals surface area contributed by atoms with E-state index >= 15 is 0 Å². The molecule has 0 aliphatic rings. The standard InChI is InChI=1S/C12H14O4/c1-3-8-15-11(13)12(14)16-10-7-5-4-6-9(10)2/h4-7H,3,8H2,1-2H3. The van der Waals surface area contributed by atoms with Gasteiger partial charge in [0.25, 0.3) is 0 Å². The second-order valence-electron chi connectivity index (χ2n) is 3.29. The molecule has 1 aromatic carbocycles. The minimum atomic E-state index is -0.984. The van der Waals surface area contributed by atoms with Gasteiger partial charge in [0.1, 0.15) is 5.75 Å². The second kappa shape index (κ2) is 5.90. The number of benzene rings is 1. The van der Waals surface area contributed by atoms with E-state index in [0.717, 1.165) is 5.56 Å². The van der Waals surface area contributed by atoms with Gasteiger partial charge in [-0.25, -0.2) is 9.59 Å². The van der Waals surface area contributed by atoms with Crippen molar-refractivity contribution < 1.29 is 19.1 Å². The predicted octanol–water partition coefficient (Wildman–Crippen LogP) is 1.85. The fourth-order valence-electron chi connectivity index (χ4n) is 1.07. The van der Waals surface area contributed by atoms with E-state index < -0.39 is 11.9 Å². The molecule has 1 aromatic rings. The lowest BCUT2D eigenvalue weighted by Gasteiger charge is -2.06. The Morgan fingerprint density at radius 1 is 1.19 bits per heavy atom. The Labute approximate surface area is 94.2 Å². The number of carbonyl (C=O) groups is 2. The lowest BCUT2D eigenvalue weighted by Crippen LogP contribution is -2.23. The molecule has 0 radical (unpaired) electrons. The second-order valence-corrected chi connectivity index (χ2v) is 3.29. The molecule has 0 bridgehead atoms. The molecule has 16 heavy (non-hydrogen) atoms. The third-order valence-corrected chi connectivity index (χ3v) is 1.90. The summed E-state index contributed by atoms with van der Waals surface area (Å²) >= 11 is 0. The molecule has 0 heterocycles. The van der Waals surface area contributed by atoms with Crippen molar-refractivity contribution in [3.05, 3.63) is 29.8 Å². The number of para-hydroxylation sites is 1. The number of rotatable bonds is 3. The molecule has 0 fully saturated rings. The first-order valence-electron chi connectivity index (χ1n) is 5.09. The number of carbonyl (C=O) groups excluding carboxylic acids is 2. The van der Waals surface area contributed by atoms with Crippen LogP contribution in [0.4, 0.5) is 0 Å². The monoisotopic (exact) mass is 222 g/mol. The maximum Gasteiger partial charge on any atom is 0.422 e. The number of esters is 2. The highest BCUT2D eigenvalue weighted by Gasteiger charge is 2.18. The van der Waals surface area contributed by atoms with Gasteiger partial charge in [-0.05, 0) is 25.0 Å². The lowest BCUT2D eigenvalue weighted by atomic mass is 10.2. The van der Waals surface area contributed by atoms with E-state index in [1.165, 1.54) is 0 Å². The Balaban J connectivity index is 2.58. The van der Waals surface area contributed by atoms with Gasteiger partial charge in [0, 0.05) is 0 Å². The molecule has 0 atom stereocenters. The SMILES string of the molecule is CCCOC(=O)C(=O)Oc1ccccc1C. The maximum atomic E-state index is 11.3. The van der Waals surface area contributed by atoms with Crippen molar-refractivity contribution in [1.29, 1.82) is 0 Å². The van der Waals surface area contributed by atoms with Gasteiger partial charge in [0.2, 0.25) is 0 Å². The van der Waals surface area contributed by atoms with Crippen LogP contribution in [-0.2, 0) is 14.3 Å². The third-order valence-electron chi connectivity index (χ3n) is 1.90. The third kappa shape index (κ3) is 3.38. The highest BCUT2D eigenvalue weighted by Crippen LogP contribution is 2.16. The van der Waals surface area contributed by atoms with Crippen molar-refractivity contribution in [2.75, 3.05) is 6.61 Å². The fraction of sp³-hybridized carbons (Fsp3) is 0.333. The van der Waals surface area contributed by atoms with Crippen molar-refractivity contribution in [3.63, 3.8) is 0 Å². The van der Waals surface area contributed by atoms with Crippen molar-refractivity contribution in [1.82, 2.24) is 0 Å². The van der Waals surface area contributed by atoms with Crippen molar-refractivity contribution in [2.24, 2.45) is 0 Å². The molecule has 0 spiro atoms. The number of ether oxygens (including phenoxy) is 2. The summed E-state index contributed by atoms with van der Waals surface area (Å²) in [6, 6.07) is 6.97. The zero-order chi connectivity index (χ0) is 12.0. The Kier molecular flexibility index (Phi) is 4.51. The normalized spacial score (nSPS) is 9.62. The van der Waals surface area contributed by atoms with Crippen LogP contribution in [0.1, 0.15) is 18.9 Å². The zero-order valence-corrected chi connectivity index (χ0v) is 9.36. The molecule has 4 nitrogen and oxygen atoms in total. The van der Waals surface area contributed by atoms with Crippen molar-refractivity contribution in [3.8, 4) is 5.75 Å². The van der Waals surface area contributed by atoms with Crippen LogP contribution in [0.3, 0.4) is 0 Å². The molecular formula is C12H14O4. The van der Waals surface area contributed by atoms with Gasteiger partial charge >= 0.3 is 11.9 Å². The topological polar surface area (TPSA) is 52.6 Å². The average molecular weight is 222 g/mol. The Morgan fingerprint density at radius 3 is 2.50 bits per heavy atom. The van der Waals surface area contributed by atoms with Gasteiger partial charge in [0.15, 0.2) is 0 Å². The first-order valence-corrected chi connectivity index (χ1v) is 5.09. The molecule has 0 saturated heterocycles. The van der Waals surface area contributed by atoms with Crippen molar-refractivity contribution >= 4 is 11.9 Å². The van der Waals surface area contributed by atoms with Gasteiger partial charge < -0.3 is 9.47 Å². The van der Waals surface area contributed by atoms with Gasteiger partial charge in [-0.15, -0.1) is 0 Å². The molecular weight excluding hydrogens is 208 g/mol. The maximum absolute atomic E-state index is 11.3. The van der Waals surface area contributed by atoms with Gasteiger partial charge in [-0.3, -0.25) is 0 Å². The molecule has 0 saturated carbocycles. The van der Waals surface area contributed by atoms with Crippen LogP contribution >= 0.6 is 0 Å². The first kappa shape index (κ1) is 12.2. The summed E-state index contributed by atoms with van der Waals surface area (Å²) in [4.78, 5) is 22.4. The van der Waals surface area contributed by atoms with E-state index in [4.69, 9.17) is 4.74 Å². The smallest absolute Gasteiger partial charge is 0.422 e. The van der Waals surface area contributed by atoms with Gasteiger partial charge in [0.05, 0.1) is 6.61 Å². The summed E-state index contributed by atoms with van der Waals surface area (Å²) in [7, 11) is 0. The van der Waals surface area contributed by atoms with Crippen LogP contribution in [0, 0.1) is 6.92 Å². The molecule has 1 rings (SSSR count). The number of aryl methyl sites for hydroxylation is 1. The number of hydrogen-bond donors (Lipinski definition) is 0. The van der Waals surface area contributed by atoms with E-state index in [-0.39, 0.29) is 6.61 Å². The molecule has 0 aliphatic carbocycles. The summed E-state index contributed by atoms with van der Waals surface area (Å²) in [5.41, 5.74) is 0.791. The Morgan fingerprint density at radius 2 is 1.88 bits per heavy atom. The summed E-state index contributed by atoms with van der Waals surface area (Å²) in [6.45, 7) is 3.86.